The molecule has 0 saturated carbocycles. The maximum Gasteiger partial charge on any atom is 0.285 e. The van der Waals surface area contributed by atoms with Crippen LogP contribution in [0.1, 0.15) is 10.5 Å². The van der Waals surface area contributed by atoms with Crippen molar-refractivity contribution in [3.8, 4) is 10.6 Å². The number of hydrazine groups is 1. The van der Waals surface area contributed by atoms with Crippen LogP contribution in [0.3, 0.4) is 0 Å². The highest BCUT2D eigenvalue weighted by atomic mass is 32.1. The zero-order valence-corrected chi connectivity index (χ0v) is 10.0. The standard InChI is InChI=1S/C11H9N5OS/c12-14-11(17)7-6-10-13-4-3-8(16(10)15-7)9-2-1-5-18-9/h1-6H,12H2,(H,14,17). The second kappa shape index (κ2) is 4.21. The van der Waals surface area contributed by atoms with Gasteiger partial charge in [-0.1, -0.05) is 6.07 Å². The van der Waals surface area contributed by atoms with E-state index in [0.29, 0.717) is 5.65 Å². The average molecular weight is 259 g/mol. The molecule has 0 aliphatic heterocycles. The predicted molar refractivity (Wildman–Crippen MR) is 68.0 cm³/mol. The number of hydrogen-bond acceptors (Lipinski definition) is 5. The van der Waals surface area contributed by atoms with Crippen LogP contribution < -0.4 is 11.3 Å². The van der Waals surface area contributed by atoms with Crippen LogP contribution in [0.15, 0.2) is 35.8 Å². The van der Waals surface area contributed by atoms with E-state index in [1.54, 1.807) is 28.1 Å². The number of nitrogens with one attached hydrogen (secondary N) is 1. The smallest absolute Gasteiger partial charge is 0.285 e. The van der Waals surface area contributed by atoms with E-state index < -0.39 is 5.91 Å². The molecule has 3 aromatic rings. The summed E-state index contributed by atoms with van der Waals surface area (Å²) in [6, 6.07) is 7.41. The summed E-state index contributed by atoms with van der Waals surface area (Å²) in [7, 11) is 0. The minimum Gasteiger partial charge on any atom is -0.289 e. The van der Waals surface area contributed by atoms with Gasteiger partial charge in [0, 0.05) is 12.3 Å². The highest BCUT2D eigenvalue weighted by molar-refractivity contribution is 7.13. The summed E-state index contributed by atoms with van der Waals surface area (Å²) >= 11 is 1.60. The molecule has 0 radical (unpaired) electrons. The zero-order chi connectivity index (χ0) is 12.5. The third kappa shape index (κ3) is 1.66. The summed E-state index contributed by atoms with van der Waals surface area (Å²) in [6.45, 7) is 0. The molecule has 0 aliphatic carbocycles. The van der Waals surface area contributed by atoms with Gasteiger partial charge in [0.15, 0.2) is 11.3 Å². The molecular weight excluding hydrogens is 250 g/mol. The predicted octanol–water partition coefficient (Wildman–Crippen LogP) is 1.06. The first-order valence-electron chi connectivity index (χ1n) is 5.19. The van der Waals surface area contributed by atoms with Crippen molar-refractivity contribution < 1.29 is 4.79 Å². The van der Waals surface area contributed by atoms with Crippen LogP contribution >= 0.6 is 11.3 Å². The Hall–Kier alpha value is -2.25. The van der Waals surface area contributed by atoms with Gasteiger partial charge in [-0.05, 0) is 17.5 Å². The van der Waals surface area contributed by atoms with Crippen LogP contribution in [-0.4, -0.2) is 20.5 Å². The number of carbonyl (C=O) groups is 1. The number of amides is 1. The molecule has 3 aromatic heterocycles. The molecule has 1 amide bonds. The van der Waals surface area contributed by atoms with Crippen molar-refractivity contribution in [1.29, 1.82) is 0 Å². The number of nitrogen functional groups attached to an aromatic ring is 1. The molecule has 0 atom stereocenters. The Bertz CT molecular complexity index is 703. The molecule has 0 aromatic carbocycles. The quantitative estimate of drug-likeness (QED) is 0.409. The lowest BCUT2D eigenvalue weighted by atomic mass is 10.3. The van der Waals surface area contributed by atoms with Gasteiger partial charge >= 0.3 is 0 Å². The maximum atomic E-state index is 11.4. The number of thiophene rings is 1. The first-order chi connectivity index (χ1) is 8.79. The van der Waals surface area contributed by atoms with Crippen LogP contribution in [0, 0.1) is 0 Å². The number of nitrogens with two attached hydrogens (primary N) is 1. The summed E-state index contributed by atoms with van der Waals surface area (Å²) in [6.07, 6.45) is 1.69. The Kier molecular flexibility index (Phi) is 2.54. The fourth-order valence-electron chi connectivity index (χ4n) is 1.69. The zero-order valence-electron chi connectivity index (χ0n) is 9.20. The van der Waals surface area contributed by atoms with Gasteiger partial charge in [0.05, 0.1) is 10.6 Å². The monoisotopic (exact) mass is 259 g/mol. The molecule has 0 bridgehead atoms. The summed E-state index contributed by atoms with van der Waals surface area (Å²) in [5, 5.41) is 6.19. The second-order valence-corrected chi connectivity index (χ2v) is 4.53. The summed E-state index contributed by atoms with van der Waals surface area (Å²) in [4.78, 5) is 16.7. The van der Waals surface area contributed by atoms with Gasteiger partial charge in [-0.3, -0.25) is 10.2 Å². The van der Waals surface area contributed by atoms with Crippen LogP contribution in [-0.2, 0) is 0 Å². The normalized spacial score (nSPS) is 10.7. The van der Waals surface area contributed by atoms with Crippen molar-refractivity contribution in [3.05, 3.63) is 41.5 Å². The number of nitrogens with zero attached hydrogens (tertiary/aromatic N) is 3. The van der Waals surface area contributed by atoms with Crippen LogP contribution in [0.2, 0.25) is 0 Å². The van der Waals surface area contributed by atoms with Gasteiger partial charge in [-0.2, -0.15) is 5.10 Å². The van der Waals surface area contributed by atoms with Crippen molar-refractivity contribution in [2.45, 2.75) is 0 Å². The fourth-order valence-corrected chi connectivity index (χ4v) is 2.43. The molecule has 18 heavy (non-hydrogen) atoms. The molecule has 0 spiro atoms. The molecule has 3 N–H and O–H groups in total. The average Bonchev–Trinajstić information content (AvgIpc) is 3.05. The Labute approximate surface area is 106 Å². The van der Waals surface area contributed by atoms with E-state index in [4.69, 9.17) is 5.84 Å². The summed E-state index contributed by atoms with van der Waals surface area (Å²) < 4.78 is 1.64. The lowest BCUT2D eigenvalue weighted by molar-refractivity contribution is 0.0948. The van der Waals surface area contributed by atoms with E-state index in [2.05, 4.69) is 15.5 Å². The number of hydrogen-bond donors (Lipinski definition) is 2. The Morgan fingerprint density at radius 1 is 1.44 bits per heavy atom. The third-order valence-corrected chi connectivity index (χ3v) is 3.39. The van der Waals surface area contributed by atoms with Crippen LogP contribution in [0.25, 0.3) is 16.2 Å². The van der Waals surface area contributed by atoms with Crippen molar-refractivity contribution >= 4 is 22.9 Å². The van der Waals surface area contributed by atoms with E-state index in [-0.39, 0.29) is 5.69 Å². The molecule has 0 unspecified atom stereocenters. The van der Waals surface area contributed by atoms with E-state index in [0.717, 1.165) is 10.6 Å². The van der Waals surface area contributed by atoms with Crippen molar-refractivity contribution in [1.82, 2.24) is 20.0 Å². The molecule has 3 heterocycles. The van der Waals surface area contributed by atoms with Gasteiger partial charge in [-0.15, -0.1) is 11.3 Å². The SMILES string of the molecule is NNC(=O)c1cc2nccc(-c3cccs3)n2n1. The molecule has 3 rings (SSSR count). The van der Waals surface area contributed by atoms with Gasteiger partial charge in [0.2, 0.25) is 0 Å². The number of carbonyl (C=O) groups excluding carboxylic acids is 1. The van der Waals surface area contributed by atoms with Crippen molar-refractivity contribution in [2.75, 3.05) is 0 Å². The first kappa shape index (κ1) is 10.9. The van der Waals surface area contributed by atoms with E-state index >= 15 is 0 Å². The largest absolute Gasteiger partial charge is 0.289 e. The fraction of sp³-hybridized carbons (Fsp3) is 0. The Morgan fingerprint density at radius 2 is 2.33 bits per heavy atom. The Balaban J connectivity index is 2.22. The van der Waals surface area contributed by atoms with Gasteiger partial charge in [0.25, 0.3) is 5.91 Å². The van der Waals surface area contributed by atoms with E-state index in [9.17, 15) is 4.79 Å². The highest BCUT2D eigenvalue weighted by Crippen LogP contribution is 2.24. The minimum atomic E-state index is -0.433. The highest BCUT2D eigenvalue weighted by Gasteiger charge is 2.13. The topological polar surface area (TPSA) is 85.3 Å². The number of fused-ring (bicyclic) bond motifs is 1. The molecule has 7 heteroatoms. The molecule has 0 fully saturated rings. The molecule has 0 saturated heterocycles. The lowest BCUT2D eigenvalue weighted by Gasteiger charge is -2.00. The van der Waals surface area contributed by atoms with Crippen LogP contribution in [0.4, 0.5) is 0 Å². The van der Waals surface area contributed by atoms with Crippen molar-refractivity contribution in [3.63, 3.8) is 0 Å². The molecule has 90 valence electrons. The van der Waals surface area contributed by atoms with Gasteiger partial charge < -0.3 is 0 Å². The van der Waals surface area contributed by atoms with Crippen LogP contribution in [0.5, 0.6) is 0 Å². The van der Waals surface area contributed by atoms with Crippen molar-refractivity contribution in [2.24, 2.45) is 5.84 Å². The second-order valence-electron chi connectivity index (χ2n) is 3.58. The van der Waals surface area contributed by atoms with E-state index in [1.807, 2.05) is 23.6 Å². The van der Waals surface area contributed by atoms with Gasteiger partial charge in [0.1, 0.15) is 0 Å². The summed E-state index contributed by atoms with van der Waals surface area (Å²) in [5.74, 6) is 4.66. The number of rotatable bonds is 2. The lowest BCUT2D eigenvalue weighted by Crippen LogP contribution is -2.30. The molecule has 0 aliphatic rings. The molecule has 6 nitrogen and oxygen atoms in total. The maximum absolute atomic E-state index is 11.4. The van der Waals surface area contributed by atoms with E-state index in [1.165, 1.54) is 0 Å². The van der Waals surface area contributed by atoms with Gasteiger partial charge in [-0.25, -0.2) is 15.3 Å². The first-order valence-corrected chi connectivity index (χ1v) is 6.07. The number of aromatic nitrogens is 3. The third-order valence-electron chi connectivity index (χ3n) is 2.50. The minimum absolute atomic E-state index is 0.244. The Morgan fingerprint density at radius 3 is 3.06 bits per heavy atom. The summed E-state index contributed by atoms with van der Waals surface area (Å²) in [5.41, 5.74) is 3.81. The molecular formula is C11H9N5OS.